The minimum absolute atomic E-state index is 0. The smallest absolute Gasteiger partial charge is 0.215 e. The van der Waals surface area contributed by atoms with Crippen LogP contribution in [-0.4, -0.2) is 15.1 Å². The molecular formula is C4H7N4OY-. The van der Waals surface area contributed by atoms with Crippen molar-refractivity contribution in [1.82, 2.24) is 9.97 Å². The Kier molecular flexibility index (Phi) is 6.86. The number of aromatic hydroxyl groups is 1. The van der Waals surface area contributed by atoms with Gasteiger partial charge < -0.3 is 17.0 Å². The maximum atomic E-state index is 8.58. The molecule has 1 radical (unpaired) electrons. The van der Waals surface area contributed by atoms with Gasteiger partial charge in [0.25, 0.3) is 0 Å². The van der Waals surface area contributed by atoms with Gasteiger partial charge in [-0.2, -0.15) is 0 Å². The van der Waals surface area contributed by atoms with E-state index in [0.29, 0.717) is 0 Å². The number of rotatable bonds is 0. The van der Waals surface area contributed by atoms with Crippen molar-refractivity contribution in [3.8, 4) is 5.88 Å². The van der Waals surface area contributed by atoms with Crippen LogP contribution in [-0.2, 0) is 32.7 Å². The van der Waals surface area contributed by atoms with E-state index < -0.39 is 0 Å². The maximum absolute atomic E-state index is 8.58. The average molecular weight is 216 g/mol. The molecule has 0 spiro atoms. The quantitative estimate of drug-likeness (QED) is 0.657. The molecule has 1 aromatic rings. The van der Waals surface area contributed by atoms with Gasteiger partial charge in [0, 0.05) is 38.8 Å². The molecule has 53 valence electrons. The summed E-state index contributed by atoms with van der Waals surface area (Å²) in [5.74, 6) is 0.176. The summed E-state index contributed by atoms with van der Waals surface area (Å²) in [5.41, 5.74) is 5.15. The van der Waals surface area contributed by atoms with Crippen molar-refractivity contribution in [1.29, 1.82) is 0 Å². The zero-order valence-electron chi connectivity index (χ0n) is 5.23. The van der Waals surface area contributed by atoms with Gasteiger partial charge in [0.1, 0.15) is 12.1 Å². The molecule has 0 bridgehead atoms. The largest absolute Gasteiger partial charge is 0.693 e. The fraction of sp³-hybridized carbons (Fsp3) is 0. The molecule has 6 heteroatoms. The summed E-state index contributed by atoms with van der Waals surface area (Å²) >= 11 is 0. The molecular weight excluding hydrogens is 209 g/mol. The Morgan fingerprint density at radius 3 is 2.30 bits per heavy atom. The molecule has 0 aliphatic rings. The zero-order valence-corrected chi connectivity index (χ0v) is 8.07. The molecule has 0 aliphatic carbocycles. The van der Waals surface area contributed by atoms with Gasteiger partial charge in [-0.15, -0.1) is 0 Å². The summed E-state index contributed by atoms with van der Waals surface area (Å²) in [7, 11) is 0. The minimum atomic E-state index is -0.0995. The van der Waals surface area contributed by atoms with Gasteiger partial charge in [-0.3, -0.25) is 0 Å². The molecule has 0 atom stereocenters. The van der Waals surface area contributed by atoms with Gasteiger partial charge in [0.2, 0.25) is 5.88 Å². The summed E-state index contributed by atoms with van der Waals surface area (Å²) in [5, 5.41) is 8.58. The van der Waals surface area contributed by atoms with Crippen LogP contribution in [0.15, 0.2) is 12.4 Å². The number of hydrogen-bond donors (Lipinski definition) is 2. The Hall–Kier alpha value is -0.256. The summed E-state index contributed by atoms with van der Waals surface area (Å²) < 4.78 is 0. The molecule has 1 rings (SSSR count). The molecule has 0 fully saturated rings. The van der Waals surface area contributed by atoms with Crippen LogP contribution >= 0.6 is 0 Å². The summed E-state index contributed by atoms with van der Waals surface area (Å²) in [6.07, 6.45) is 1.20. The van der Waals surface area contributed by atoms with E-state index in [0.717, 1.165) is 0 Å². The fourth-order valence-electron chi connectivity index (χ4n) is 0.361. The van der Waals surface area contributed by atoms with Crippen LogP contribution in [0.3, 0.4) is 0 Å². The third-order valence-corrected chi connectivity index (χ3v) is 0.674. The third kappa shape index (κ3) is 3.71. The molecule has 5 N–H and O–H groups in total. The van der Waals surface area contributed by atoms with Crippen molar-refractivity contribution < 1.29 is 37.8 Å². The van der Waals surface area contributed by atoms with Gasteiger partial charge in [-0.1, -0.05) is 0 Å². The molecule has 0 saturated heterocycles. The predicted molar refractivity (Wildman–Crippen MR) is 33.4 cm³/mol. The van der Waals surface area contributed by atoms with Crippen LogP contribution in [0.2, 0.25) is 0 Å². The standard InChI is InChI=1S/C4H5N3O.H2N.Y/c5-3-1-4(8)7-2-6-3;;/h1-2H,(H3,5,6,7,8);1H2;/q;-1;. The summed E-state index contributed by atoms with van der Waals surface area (Å²) in [6, 6.07) is 1.28. The maximum Gasteiger partial charge on any atom is 0.215 e. The van der Waals surface area contributed by atoms with E-state index in [-0.39, 0.29) is 50.6 Å². The van der Waals surface area contributed by atoms with E-state index >= 15 is 0 Å². The van der Waals surface area contributed by atoms with Crippen molar-refractivity contribution in [2.75, 3.05) is 5.73 Å². The van der Waals surface area contributed by atoms with Crippen LogP contribution in [0, 0.1) is 0 Å². The number of nitrogen functional groups attached to an aromatic ring is 1. The normalized spacial score (nSPS) is 7.20. The molecule has 5 nitrogen and oxygen atoms in total. The predicted octanol–water partition coefficient (Wildman–Crippen LogP) is 0.479. The van der Waals surface area contributed by atoms with E-state index in [9.17, 15) is 0 Å². The zero-order chi connectivity index (χ0) is 5.98. The summed E-state index contributed by atoms with van der Waals surface area (Å²) in [6.45, 7) is 0. The van der Waals surface area contributed by atoms with Crippen molar-refractivity contribution in [2.45, 2.75) is 0 Å². The van der Waals surface area contributed by atoms with Crippen LogP contribution in [0.4, 0.5) is 5.82 Å². The van der Waals surface area contributed by atoms with E-state index in [4.69, 9.17) is 10.8 Å². The first-order valence-electron chi connectivity index (χ1n) is 2.05. The second-order valence-electron chi connectivity index (χ2n) is 1.30. The Morgan fingerprint density at radius 1 is 1.40 bits per heavy atom. The van der Waals surface area contributed by atoms with Crippen molar-refractivity contribution >= 4 is 5.82 Å². The Morgan fingerprint density at radius 2 is 2.00 bits per heavy atom. The van der Waals surface area contributed by atoms with Gasteiger partial charge in [0.15, 0.2) is 0 Å². The number of hydrogen-bond acceptors (Lipinski definition) is 4. The monoisotopic (exact) mass is 216 g/mol. The number of aromatic nitrogens is 2. The Labute approximate surface area is 83.5 Å². The van der Waals surface area contributed by atoms with Gasteiger partial charge >= 0.3 is 0 Å². The second-order valence-corrected chi connectivity index (χ2v) is 1.30. The van der Waals surface area contributed by atoms with Crippen molar-refractivity contribution in [3.05, 3.63) is 18.5 Å². The molecule has 0 aliphatic heterocycles. The Bertz CT molecular complexity index is 177. The molecule has 1 aromatic heterocycles. The van der Waals surface area contributed by atoms with Crippen molar-refractivity contribution in [2.24, 2.45) is 0 Å². The number of anilines is 1. The van der Waals surface area contributed by atoms with Crippen LogP contribution in [0.25, 0.3) is 6.15 Å². The fourth-order valence-corrected chi connectivity index (χ4v) is 0.361. The van der Waals surface area contributed by atoms with Crippen LogP contribution in [0.1, 0.15) is 0 Å². The number of nitrogens with zero attached hydrogens (tertiary/aromatic N) is 2. The average Bonchev–Trinajstić information content (AvgIpc) is 1.64. The molecule has 1 heterocycles. The van der Waals surface area contributed by atoms with Crippen molar-refractivity contribution in [3.63, 3.8) is 0 Å². The SMILES string of the molecule is Nc1cc(O)ncn1.[NH2-].[Y]. The first-order chi connectivity index (χ1) is 3.79. The van der Waals surface area contributed by atoms with E-state index in [1.807, 2.05) is 0 Å². The first kappa shape index (κ1) is 12.4. The molecule has 0 unspecified atom stereocenters. The van der Waals surface area contributed by atoms with Gasteiger partial charge in [0.05, 0.1) is 0 Å². The second kappa shape index (κ2) is 5.52. The van der Waals surface area contributed by atoms with Crippen LogP contribution < -0.4 is 5.73 Å². The molecule has 0 saturated carbocycles. The van der Waals surface area contributed by atoms with Crippen LogP contribution in [0.5, 0.6) is 5.88 Å². The molecule has 0 aromatic carbocycles. The molecule has 10 heavy (non-hydrogen) atoms. The van der Waals surface area contributed by atoms with E-state index in [1.165, 1.54) is 12.4 Å². The van der Waals surface area contributed by atoms with Gasteiger partial charge in [-0.25, -0.2) is 9.97 Å². The Balaban J connectivity index is 0. The molecule has 0 amide bonds. The van der Waals surface area contributed by atoms with Gasteiger partial charge in [-0.05, 0) is 0 Å². The first-order valence-corrected chi connectivity index (χ1v) is 2.05. The topological polar surface area (TPSA) is 106 Å². The summed E-state index contributed by atoms with van der Waals surface area (Å²) in [4.78, 5) is 6.95. The van der Waals surface area contributed by atoms with E-state index in [2.05, 4.69) is 9.97 Å². The number of nitrogens with two attached hydrogens (primary N) is 2. The third-order valence-electron chi connectivity index (χ3n) is 0.674. The minimum Gasteiger partial charge on any atom is -0.693 e. The van der Waals surface area contributed by atoms with E-state index in [1.54, 1.807) is 0 Å².